The van der Waals surface area contributed by atoms with Crippen molar-refractivity contribution >= 4 is 12.4 Å². The third-order valence-electron chi connectivity index (χ3n) is 4.79. The monoisotopic (exact) mass is 412 g/mol. The Kier molecular flexibility index (Phi) is 7.37. The normalized spacial score (nSPS) is 14.4. The molecule has 0 saturated carbocycles. The van der Waals surface area contributed by atoms with Crippen molar-refractivity contribution < 1.29 is 18.9 Å². The molecule has 2 aromatic rings. The number of benzene rings is 2. The molecule has 2 aromatic carbocycles. The Labute approximate surface area is 177 Å². The fraction of sp³-hybridized carbons (Fsp3) is 0.364. The molecule has 0 spiro atoms. The molecule has 0 aromatic heterocycles. The van der Waals surface area contributed by atoms with Crippen LogP contribution in [0.3, 0.4) is 0 Å². The van der Waals surface area contributed by atoms with Gasteiger partial charge >= 0.3 is 0 Å². The number of ether oxygens (including phenoxy) is 4. The van der Waals surface area contributed by atoms with Crippen LogP contribution in [0.5, 0.6) is 23.0 Å². The Morgan fingerprint density at radius 3 is 1.30 bits per heavy atom. The van der Waals surface area contributed by atoms with Gasteiger partial charge in [-0.05, 0) is 47.5 Å². The molecule has 1 aliphatic rings. The van der Waals surface area contributed by atoms with Gasteiger partial charge in [0.25, 0.3) is 0 Å². The molecular formula is C22H28N4O4. The summed E-state index contributed by atoms with van der Waals surface area (Å²) in [5, 5.41) is 13.2. The van der Waals surface area contributed by atoms with E-state index in [0.717, 1.165) is 37.3 Å². The third kappa shape index (κ3) is 5.34. The van der Waals surface area contributed by atoms with Gasteiger partial charge in [0, 0.05) is 0 Å². The molecule has 1 fully saturated rings. The van der Waals surface area contributed by atoms with E-state index in [1.54, 1.807) is 28.4 Å². The second kappa shape index (κ2) is 10.4. The molecule has 1 heterocycles. The van der Waals surface area contributed by atoms with Crippen molar-refractivity contribution in [3.05, 3.63) is 47.5 Å². The number of methoxy groups -OCH3 is 4. The first kappa shape index (κ1) is 21.3. The fourth-order valence-corrected chi connectivity index (χ4v) is 3.08. The predicted molar refractivity (Wildman–Crippen MR) is 117 cm³/mol. The maximum absolute atomic E-state index is 5.34. The fourth-order valence-electron chi connectivity index (χ4n) is 3.08. The number of nitrogens with zero attached hydrogens (tertiary/aromatic N) is 4. The number of piperazine rings is 1. The van der Waals surface area contributed by atoms with Crippen LogP contribution in [0.15, 0.2) is 46.6 Å². The average molecular weight is 412 g/mol. The lowest BCUT2D eigenvalue weighted by Gasteiger charge is -2.31. The van der Waals surface area contributed by atoms with Gasteiger partial charge < -0.3 is 18.9 Å². The van der Waals surface area contributed by atoms with E-state index in [1.165, 1.54) is 0 Å². The van der Waals surface area contributed by atoms with Crippen LogP contribution >= 0.6 is 0 Å². The smallest absolute Gasteiger partial charge is 0.161 e. The molecule has 0 atom stereocenters. The zero-order valence-electron chi connectivity index (χ0n) is 17.9. The lowest BCUT2D eigenvalue weighted by Crippen LogP contribution is -2.41. The second-order valence-electron chi connectivity index (χ2n) is 6.63. The summed E-state index contributed by atoms with van der Waals surface area (Å²) >= 11 is 0. The van der Waals surface area contributed by atoms with Crippen LogP contribution in [0.4, 0.5) is 0 Å². The first-order valence-electron chi connectivity index (χ1n) is 9.68. The van der Waals surface area contributed by atoms with Crippen molar-refractivity contribution in [1.82, 2.24) is 10.0 Å². The second-order valence-corrected chi connectivity index (χ2v) is 6.63. The highest BCUT2D eigenvalue weighted by Gasteiger charge is 2.13. The van der Waals surface area contributed by atoms with E-state index in [-0.39, 0.29) is 0 Å². The molecule has 8 heteroatoms. The van der Waals surface area contributed by atoms with Crippen LogP contribution < -0.4 is 18.9 Å². The van der Waals surface area contributed by atoms with Crippen molar-refractivity contribution in [2.45, 2.75) is 0 Å². The minimum atomic E-state index is 0.691. The average Bonchev–Trinajstić information content (AvgIpc) is 2.81. The number of hydrazone groups is 2. The molecule has 0 amide bonds. The summed E-state index contributed by atoms with van der Waals surface area (Å²) in [4.78, 5) is 0. The molecule has 1 aliphatic heterocycles. The molecule has 160 valence electrons. The molecule has 30 heavy (non-hydrogen) atoms. The summed E-state index contributed by atoms with van der Waals surface area (Å²) in [5.41, 5.74) is 1.92. The third-order valence-corrected chi connectivity index (χ3v) is 4.79. The summed E-state index contributed by atoms with van der Waals surface area (Å²) in [5.74, 6) is 2.79. The Hall–Kier alpha value is -3.42. The van der Waals surface area contributed by atoms with Crippen LogP contribution in [0.2, 0.25) is 0 Å². The van der Waals surface area contributed by atoms with Gasteiger partial charge in [0.15, 0.2) is 23.0 Å². The molecular weight excluding hydrogens is 384 g/mol. The van der Waals surface area contributed by atoms with Crippen LogP contribution in [0, 0.1) is 0 Å². The topological polar surface area (TPSA) is 68.1 Å². The Morgan fingerprint density at radius 1 is 0.600 bits per heavy atom. The van der Waals surface area contributed by atoms with Crippen molar-refractivity contribution in [1.29, 1.82) is 0 Å². The van der Waals surface area contributed by atoms with Crippen LogP contribution in [-0.4, -0.2) is 77.1 Å². The standard InChI is InChI=1S/C22H28N4O4/c1-27-19-7-5-17(13-21(19)29-3)15-23-25-9-11-26(12-10-25)24-16-18-6-8-20(28-2)22(14-18)30-4/h5-8,13-16H,9-12H2,1-4H3. The van der Waals surface area contributed by atoms with Gasteiger partial charge in [-0.15, -0.1) is 0 Å². The van der Waals surface area contributed by atoms with Gasteiger partial charge in [0.2, 0.25) is 0 Å². The zero-order chi connectivity index (χ0) is 21.3. The molecule has 0 unspecified atom stereocenters. The number of rotatable bonds is 8. The largest absolute Gasteiger partial charge is 0.493 e. The Balaban J connectivity index is 1.53. The van der Waals surface area contributed by atoms with Crippen LogP contribution in [-0.2, 0) is 0 Å². The zero-order valence-corrected chi connectivity index (χ0v) is 17.9. The van der Waals surface area contributed by atoms with Crippen LogP contribution in [0.1, 0.15) is 11.1 Å². The predicted octanol–water partition coefficient (Wildman–Crippen LogP) is 2.71. The first-order valence-corrected chi connectivity index (χ1v) is 9.68. The minimum Gasteiger partial charge on any atom is -0.493 e. The molecule has 0 aliphatic carbocycles. The summed E-state index contributed by atoms with van der Waals surface area (Å²) in [7, 11) is 6.50. The van der Waals surface area contributed by atoms with Gasteiger partial charge in [-0.2, -0.15) is 10.2 Å². The SMILES string of the molecule is COc1ccc(C=NN2CCN(N=Cc3ccc(OC)c(OC)c3)CC2)cc1OC. The molecule has 8 nitrogen and oxygen atoms in total. The highest BCUT2D eigenvalue weighted by Crippen LogP contribution is 2.27. The van der Waals surface area contributed by atoms with Gasteiger partial charge in [-0.25, -0.2) is 0 Å². The number of hydrogen-bond acceptors (Lipinski definition) is 8. The van der Waals surface area contributed by atoms with E-state index in [2.05, 4.69) is 10.2 Å². The van der Waals surface area contributed by atoms with Crippen molar-refractivity contribution in [3.8, 4) is 23.0 Å². The van der Waals surface area contributed by atoms with Crippen molar-refractivity contribution in [2.75, 3.05) is 54.6 Å². The maximum Gasteiger partial charge on any atom is 0.161 e. The van der Waals surface area contributed by atoms with Gasteiger partial charge in [0.1, 0.15) is 0 Å². The van der Waals surface area contributed by atoms with Gasteiger partial charge in [0.05, 0.1) is 67.0 Å². The van der Waals surface area contributed by atoms with E-state index in [4.69, 9.17) is 18.9 Å². The van der Waals surface area contributed by atoms with Gasteiger partial charge in [-0.1, -0.05) is 0 Å². The maximum atomic E-state index is 5.34. The summed E-state index contributed by atoms with van der Waals surface area (Å²) < 4.78 is 21.2. The van der Waals surface area contributed by atoms with E-state index in [1.807, 2.05) is 58.8 Å². The molecule has 3 rings (SSSR count). The lowest BCUT2D eigenvalue weighted by molar-refractivity contribution is 0.141. The van der Waals surface area contributed by atoms with Gasteiger partial charge in [-0.3, -0.25) is 10.0 Å². The lowest BCUT2D eigenvalue weighted by atomic mass is 10.2. The van der Waals surface area contributed by atoms with E-state index in [9.17, 15) is 0 Å². The molecule has 0 radical (unpaired) electrons. The summed E-state index contributed by atoms with van der Waals surface area (Å²) in [6, 6.07) is 11.5. The molecule has 1 saturated heterocycles. The highest BCUT2D eigenvalue weighted by atomic mass is 16.5. The van der Waals surface area contributed by atoms with Crippen LogP contribution in [0.25, 0.3) is 0 Å². The minimum absolute atomic E-state index is 0.691. The summed E-state index contributed by atoms with van der Waals surface area (Å²) in [6.45, 7) is 3.19. The van der Waals surface area contributed by atoms with E-state index < -0.39 is 0 Å². The number of hydrogen-bond donors (Lipinski definition) is 0. The van der Waals surface area contributed by atoms with E-state index in [0.29, 0.717) is 23.0 Å². The highest BCUT2D eigenvalue weighted by molar-refractivity contribution is 5.81. The Morgan fingerprint density at radius 2 is 0.967 bits per heavy atom. The van der Waals surface area contributed by atoms with Crippen molar-refractivity contribution in [2.24, 2.45) is 10.2 Å². The van der Waals surface area contributed by atoms with E-state index >= 15 is 0 Å². The summed E-state index contributed by atoms with van der Waals surface area (Å²) in [6.07, 6.45) is 3.68. The Bertz CT molecular complexity index is 819. The molecule has 0 bridgehead atoms. The first-order chi connectivity index (χ1) is 14.7. The molecule has 0 N–H and O–H groups in total. The van der Waals surface area contributed by atoms with Crippen molar-refractivity contribution in [3.63, 3.8) is 0 Å². The quantitative estimate of drug-likeness (QED) is 0.621.